The number of hydrogen-bond acceptors (Lipinski definition) is 5. The Morgan fingerprint density at radius 2 is 1.90 bits per heavy atom. The number of aliphatic hydroxyl groups is 1. The van der Waals surface area contributed by atoms with Gasteiger partial charge in [-0.1, -0.05) is 0 Å². The standard InChI is InChI=1S/C12H15F2NO5S/c1-2-20-12(17)8-3-5-9(6-4-8)21(18,19)15-7-10(16)11(13)14/h3-6,10-11,15-16H,2,7H2,1H3. The number of benzene rings is 1. The maximum absolute atomic E-state index is 12.1. The van der Waals surface area contributed by atoms with Crippen LogP contribution >= 0.6 is 0 Å². The Bertz CT molecular complexity index is 574. The van der Waals surface area contributed by atoms with Crippen molar-refractivity contribution in [2.75, 3.05) is 13.2 Å². The monoisotopic (exact) mass is 323 g/mol. The van der Waals surface area contributed by atoms with Crippen molar-refractivity contribution in [1.82, 2.24) is 4.72 Å². The summed E-state index contributed by atoms with van der Waals surface area (Å²) in [6.07, 6.45) is -5.13. The number of rotatable bonds is 7. The van der Waals surface area contributed by atoms with Gasteiger partial charge in [0, 0.05) is 6.54 Å². The van der Waals surface area contributed by atoms with Crippen molar-refractivity contribution < 1.29 is 31.8 Å². The number of hydrogen-bond donors (Lipinski definition) is 2. The molecule has 0 aromatic heterocycles. The van der Waals surface area contributed by atoms with Crippen LogP contribution in [0.5, 0.6) is 0 Å². The van der Waals surface area contributed by atoms with Crippen molar-refractivity contribution in [3.8, 4) is 0 Å². The van der Waals surface area contributed by atoms with Crippen LogP contribution in [0.1, 0.15) is 17.3 Å². The Morgan fingerprint density at radius 3 is 2.38 bits per heavy atom. The van der Waals surface area contributed by atoms with Gasteiger partial charge in [0.25, 0.3) is 6.43 Å². The lowest BCUT2D eigenvalue weighted by Crippen LogP contribution is -2.35. The van der Waals surface area contributed by atoms with E-state index in [4.69, 9.17) is 9.84 Å². The fourth-order valence-corrected chi connectivity index (χ4v) is 2.40. The van der Waals surface area contributed by atoms with E-state index < -0.39 is 35.1 Å². The Hall–Kier alpha value is -1.58. The number of carbonyl (C=O) groups excluding carboxylic acids is 1. The number of nitrogens with one attached hydrogen (secondary N) is 1. The zero-order valence-electron chi connectivity index (χ0n) is 11.1. The first-order valence-electron chi connectivity index (χ1n) is 6.01. The minimum atomic E-state index is -4.04. The van der Waals surface area contributed by atoms with Crippen LogP contribution in [0.2, 0.25) is 0 Å². The molecule has 0 aliphatic carbocycles. The molecule has 0 bridgehead atoms. The number of sulfonamides is 1. The number of alkyl halides is 2. The quantitative estimate of drug-likeness (QED) is 0.723. The first-order chi connectivity index (χ1) is 9.77. The summed E-state index contributed by atoms with van der Waals surface area (Å²) in [4.78, 5) is 11.2. The number of halogens is 2. The third kappa shape index (κ3) is 5.03. The minimum Gasteiger partial charge on any atom is -0.462 e. The van der Waals surface area contributed by atoms with Crippen LogP contribution in [0.25, 0.3) is 0 Å². The highest BCUT2D eigenvalue weighted by Gasteiger charge is 2.21. The Labute approximate surface area is 120 Å². The third-order valence-corrected chi connectivity index (χ3v) is 3.89. The molecule has 0 fully saturated rings. The fourth-order valence-electron chi connectivity index (χ4n) is 1.35. The molecule has 0 spiro atoms. The van der Waals surface area contributed by atoms with Gasteiger partial charge in [0.1, 0.15) is 6.10 Å². The summed E-state index contributed by atoms with van der Waals surface area (Å²) < 4.78 is 54.3. The largest absolute Gasteiger partial charge is 0.462 e. The van der Waals surface area contributed by atoms with Crippen LogP contribution in [-0.2, 0) is 14.8 Å². The predicted octanol–water partition coefficient (Wildman–Crippen LogP) is 0.768. The molecule has 1 rings (SSSR count). The molecular weight excluding hydrogens is 308 g/mol. The molecule has 1 atom stereocenters. The first kappa shape index (κ1) is 17.5. The van der Waals surface area contributed by atoms with Gasteiger partial charge in [0.05, 0.1) is 17.1 Å². The molecule has 0 saturated carbocycles. The first-order valence-corrected chi connectivity index (χ1v) is 7.49. The van der Waals surface area contributed by atoms with Gasteiger partial charge in [-0.05, 0) is 31.2 Å². The lowest BCUT2D eigenvalue weighted by molar-refractivity contribution is -0.000452. The van der Waals surface area contributed by atoms with E-state index in [0.29, 0.717) is 0 Å². The Kier molecular flexibility index (Phi) is 6.19. The number of esters is 1. The topological polar surface area (TPSA) is 92.7 Å². The van der Waals surface area contributed by atoms with Gasteiger partial charge in [-0.3, -0.25) is 0 Å². The molecule has 0 saturated heterocycles. The molecule has 1 aromatic rings. The maximum Gasteiger partial charge on any atom is 0.338 e. The van der Waals surface area contributed by atoms with Gasteiger partial charge in [0.2, 0.25) is 10.0 Å². The van der Waals surface area contributed by atoms with E-state index in [2.05, 4.69) is 0 Å². The second-order valence-electron chi connectivity index (χ2n) is 4.00. The molecule has 118 valence electrons. The summed E-state index contributed by atoms with van der Waals surface area (Å²) in [6.45, 7) is 1.01. The third-order valence-electron chi connectivity index (χ3n) is 2.45. The molecule has 2 N–H and O–H groups in total. The summed E-state index contributed by atoms with van der Waals surface area (Å²) in [5.41, 5.74) is 0.170. The predicted molar refractivity (Wildman–Crippen MR) is 69.6 cm³/mol. The van der Waals surface area contributed by atoms with Gasteiger partial charge in [0.15, 0.2) is 0 Å². The average molecular weight is 323 g/mol. The van der Waals surface area contributed by atoms with Crippen molar-refractivity contribution in [1.29, 1.82) is 0 Å². The summed E-state index contributed by atoms with van der Waals surface area (Å²) in [7, 11) is -4.04. The highest BCUT2D eigenvalue weighted by atomic mass is 32.2. The Morgan fingerprint density at radius 1 is 1.33 bits per heavy atom. The molecule has 0 heterocycles. The number of carbonyl (C=O) groups is 1. The van der Waals surface area contributed by atoms with Gasteiger partial charge in [-0.25, -0.2) is 26.7 Å². The SMILES string of the molecule is CCOC(=O)c1ccc(S(=O)(=O)NCC(O)C(F)F)cc1. The summed E-state index contributed by atoms with van der Waals surface area (Å²) in [5, 5.41) is 8.87. The highest BCUT2D eigenvalue weighted by Crippen LogP contribution is 2.12. The molecule has 6 nitrogen and oxygen atoms in total. The zero-order valence-corrected chi connectivity index (χ0v) is 11.9. The molecule has 0 aliphatic rings. The fraction of sp³-hybridized carbons (Fsp3) is 0.417. The van der Waals surface area contributed by atoms with Crippen molar-refractivity contribution in [3.63, 3.8) is 0 Å². The second kappa shape index (κ2) is 7.43. The zero-order chi connectivity index (χ0) is 16.0. The lowest BCUT2D eigenvalue weighted by atomic mass is 10.2. The Balaban J connectivity index is 2.78. The van der Waals surface area contributed by atoms with Crippen molar-refractivity contribution in [2.45, 2.75) is 24.3 Å². The van der Waals surface area contributed by atoms with Crippen LogP contribution in [0.15, 0.2) is 29.2 Å². The van der Waals surface area contributed by atoms with E-state index >= 15 is 0 Å². The molecule has 0 amide bonds. The van der Waals surface area contributed by atoms with Crippen molar-refractivity contribution in [2.24, 2.45) is 0 Å². The van der Waals surface area contributed by atoms with Gasteiger partial charge in [-0.15, -0.1) is 0 Å². The lowest BCUT2D eigenvalue weighted by Gasteiger charge is -2.11. The van der Waals surface area contributed by atoms with Gasteiger partial charge in [-0.2, -0.15) is 0 Å². The normalized spacial score (nSPS) is 13.2. The van der Waals surface area contributed by atoms with Crippen molar-refractivity contribution >= 4 is 16.0 Å². The second-order valence-corrected chi connectivity index (χ2v) is 5.77. The summed E-state index contributed by atoms with van der Waals surface area (Å²) in [5.74, 6) is -0.595. The number of ether oxygens (including phenoxy) is 1. The molecular formula is C12H15F2NO5S. The smallest absolute Gasteiger partial charge is 0.338 e. The van der Waals surface area contributed by atoms with Gasteiger partial charge < -0.3 is 9.84 Å². The van der Waals surface area contributed by atoms with Crippen LogP contribution in [0.4, 0.5) is 8.78 Å². The van der Waals surface area contributed by atoms with E-state index in [1.807, 2.05) is 4.72 Å². The molecule has 0 radical (unpaired) electrons. The number of aliphatic hydroxyl groups excluding tert-OH is 1. The molecule has 1 aromatic carbocycles. The van der Waals surface area contributed by atoms with Crippen molar-refractivity contribution in [3.05, 3.63) is 29.8 Å². The minimum absolute atomic E-state index is 0.170. The molecule has 0 aliphatic heterocycles. The van der Waals surface area contributed by atoms with E-state index in [9.17, 15) is 22.0 Å². The molecule has 1 unspecified atom stereocenters. The summed E-state index contributed by atoms with van der Waals surface area (Å²) in [6, 6.07) is 4.78. The van der Waals surface area contributed by atoms with E-state index in [-0.39, 0.29) is 17.1 Å². The van der Waals surface area contributed by atoms with E-state index in [1.54, 1.807) is 6.92 Å². The van der Waals surface area contributed by atoms with E-state index in [1.165, 1.54) is 12.1 Å². The van der Waals surface area contributed by atoms with Crippen LogP contribution in [-0.4, -0.2) is 45.2 Å². The van der Waals surface area contributed by atoms with Gasteiger partial charge >= 0.3 is 5.97 Å². The van der Waals surface area contributed by atoms with Crippen LogP contribution < -0.4 is 4.72 Å². The molecule has 21 heavy (non-hydrogen) atoms. The average Bonchev–Trinajstić information content (AvgIpc) is 2.45. The van der Waals surface area contributed by atoms with Crippen LogP contribution in [0, 0.1) is 0 Å². The molecule has 9 heteroatoms. The highest BCUT2D eigenvalue weighted by molar-refractivity contribution is 7.89. The maximum atomic E-state index is 12.1. The summed E-state index contributed by atoms with van der Waals surface area (Å²) >= 11 is 0. The van der Waals surface area contributed by atoms with E-state index in [0.717, 1.165) is 12.1 Å². The van der Waals surface area contributed by atoms with Crippen LogP contribution in [0.3, 0.4) is 0 Å².